The average molecular weight is 586 g/mol. The molecule has 2 aromatic rings. The second-order valence-electron chi connectivity index (χ2n) is 9.77. The maximum atomic E-state index is 13.6. The molecule has 2 unspecified atom stereocenters. The molecule has 2 atom stereocenters. The van der Waals surface area contributed by atoms with Gasteiger partial charge in [-0.2, -0.15) is 0 Å². The van der Waals surface area contributed by atoms with E-state index < -0.39 is 0 Å². The van der Waals surface area contributed by atoms with E-state index in [0.717, 1.165) is 25.2 Å². The van der Waals surface area contributed by atoms with Crippen molar-refractivity contribution < 1.29 is 9.59 Å². The summed E-state index contributed by atoms with van der Waals surface area (Å²) in [6, 6.07) is 9.76. The first-order valence-electron chi connectivity index (χ1n) is 12.7. The lowest BCUT2D eigenvalue weighted by atomic mass is 10.1. The van der Waals surface area contributed by atoms with Crippen LogP contribution in [0.1, 0.15) is 48.0 Å². The van der Waals surface area contributed by atoms with Crippen LogP contribution < -0.4 is 10.6 Å². The fourth-order valence-corrected chi connectivity index (χ4v) is 6.07. The van der Waals surface area contributed by atoms with Gasteiger partial charge in [-0.3, -0.25) is 9.59 Å². The van der Waals surface area contributed by atoms with Crippen LogP contribution in [0, 0.1) is 0 Å². The molecule has 2 aliphatic rings. The van der Waals surface area contributed by atoms with Gasteiger partial charge in [0, 0.05) is 47.3 Å². The Kier molecular flexibility index (Phi) is 10.4. The van der Waals surface area contributed by atoms with Crippen LogP contribution in [0.15, 0.2) is 36.4 Å². The Morgan fingerprint density at radius 1 is 0.946 bits per heavy atom. The molecule has 2 N–H and O–H groups in total. The van der Waals surface area contributed by atoms with Crippen LogP contribution in [0.25, 0.3) is 0 Å². The van der Waals surface area contributed by atoms with Crippen molar-refractivity contribution in [2.24, 2.45) is 0 Å². The maximum absolute atomic E-state index is 13.6. The normalized spacial score (nSPS) is 21.1. The number of benzene rings is 2. The second kappa shape index (κ2) is 13.5. The number of nitrogens with one attached hydrogen (secondary N) is 2. The molecule has 6 nitrogen and oxygen atoms in total. The first-order chi connectivity index (χ1) is 17.8. The topological polar surface area (TPSA) is 64.7 Å². The van der Waals surface area contributed by atoms with Crippen molar-refractivity contribution in [2.45, 2.75) is 50.7 Å². The summed E-state index contributed by atoms with van der Waals surface area (Å²) >= 11 is 24.6. The monoisotopic (exact) mass is 584 g/mol. The van der Waals surface area contributed by atoms with Gasteiger partial charge in [-0.15, -0.1) is 0 Å². The SMILES string of the molecule is O=C(NCC1CCN(Cc2cc(Cl)cc(Cl)c2)C(=O)C(CCN2CCCCC2)N1)c1ccc(Cl)cc1Cl. The van der Waals surface area contributed by atoms with Crippen molar-refractivity contribution in [1.82, 2.24) is 20.4 Å². The van der Waals surface area contributed by atoms with Gasteiger partial charge in [0.25, 0.3) is 5.91 Å². The van der Waals surface area contributed by atoms with Crippen LogP contribution in [0.3, 0.4) is 0 Å². The van der Waals surface area contributed by atoms with Gasteiger partial charge in [-0.25, -0.2) is 0 Å². The molecule has 0 aliphatic carbocycles. The molecule has 200 valence electrons. The van der Waals surface area contributed by atoms with E-state index in [9.17, 15) is 9.59 Å². The van der Waals surface area contributed by atoms with Gasteiger partial charge in [-0.05, 0) is 80.7 Å². The molecule has 0 saturated carbocycles. The third-order valence-corrected chi connectivity index (χ3v) is 7.94. The molecule has 0 aromatic heterocycles. The number of nitrogens with zero attached hydrogens (tertiary/aromatic N) is 2. The summed E-state index contributed by atoms with van der Waals surface area (Å²) in [4.78, 5) is 30.7. The van der Waals surface area contributed by atoms with E-state index in [0.29, 0.717) is 58.1 Å². The molecule has 2 aromatic carbocycles. The molecule has 0 spiro atoms. The minimum absolute atomic E-state index is 0.0580. The Labute approximate surface area is 238 Å². The highest BCUT2D eigenvalue weighted by Gasteiger charge is 2.31. The van der Waals surface area contributed by atoms with E-state index in [-0.39, 0.29) is 23.9 Å². The standard InChI is InChI=1S/C27H32Cl4N4O2/c28-19-4-5-23(24(31)15-19)26(36)32-16-22-6-11-35(17-18-12-20(29)14-21(30)13-18)27(37)25(33-22)7-10-34-8-2-1-3-9-34/h4-5,12-15,22,25,33H,1-3,6-11,16-17H2,(H,32,36). The summed E-state index contributed by atoms with van der Waals surface area (Å²) in [7, 11) is 0. The lowest BCUT2D eigenvalue weighted by molar-refractivity contribution is -0.133. The smallest absolute Gasteiger partial charge is 0.252 e. The number of likely N-dealkylation sites (tertiary alicyclic amines) is 1. The molecule has 2 saturated heterocycles. The fraction of sp³-hybridized carbons (Fsp3) is 0.481. The molecule has 0 radical (unpaired) electrons. The van der Waals surface area contributed by atoms with Crippen LogP contribution in [0.4, 0.5) is 0 Å². The van der Waals surface area contributed by atoms with Gasteiger partial charge in [0.1, 0.15) is 0 Å². The van der Waals surface area contributed by atoms with Crippen molar-refractivity contribution in [3.05, 3.63) is 67.6 Å². The highest BCUT2D eigenvalue weighted by molar-refractivity contribution is 6.36. The maximum Gasteiger partial charge on any atom is 0.252 e. The number of halogens is 4. The van der Waals surface area contributed by atoms with E-state index in [1.54, 1.807) is 24.3 Å². The number of piperidine rings is 1. The summed E-state index contributed by atoms with van der Waals surface area (Å²) in [6.45, 7) is 4.38. The molecule has 10 heteroatoms. The van der Waals surface area contributed by atoms with E-state index in [1.807, 2.05) is 17.0 Å². The predicted molar refractivity (Wildman–Crippen MR) is 151 cm³/mol. The zero-order chi connectivity index (χ0) is 26.4. The minimum atomic E-state index is -0.347. The Bertz CT molecular complexity index is 1090. The van der Waals surface area contributed by atoms with E-state index in [1.165, 1.54) is 19.3 Å². The summed E-state index contributed by atoms with van der Waals surface area (Å²) in [6.07, 6.45) is 5.08. The molecular formula is C27H32Cl4N4O2. The highest BCUT2D eigenvalue weighted by Crippen LogP contribution is 2.23. The third-order valence-electron chi connectivity index (χ3n) is 6.96. The van der Waals surface area contributed by atoms with Gasteiger partial charge in [0.2, 0.25) is 5.91 Å². The Hall–Kier alpha value is -1.54. The molecular weight excluding hydrogens is 554 g/mol. The Morgan fingerprint density at radius 2 is 1.68 bits per heavy atom. The second-order valence-corrected chi connectivity index (χ2v) is 11.5. The number of carbonyl (C=O) groups is 2. The molecule has 37 heavy (non-hydrogen) atoms. The Balaban J connectivity index is 1.44. The van der Waals surface area contributed by atoms with Crippen molar-refractivity contribution in [2.75, 3.05) is 32.7 Å². The van der Waals surface area contributed by atoms with E-state index in [2.05, 4.69) is 15.5 Å². The van der Waals surface area contributed by atoms with Crippen molar-refractivity contribution in [3.8, 4) is 0 Å². The van der Waals surface area contributed by atoms with E-state index >= 15 is 0 Å². The van der Waals surface area contributed by atoms with Crippen LogP contribution in [0.2, 0.25) is 20.1 Å². The molecule has 2 heterocycles. The third kappa shape index (κ3) is 8.22. The lowest BCUT2D eigenvalue weighted by Crippen LogP contribution is -2.50. The fourth-order valence-electron chi connectivity index (χ4n) is 5.01. The van der Waals surface area contributed by atoms with Gasteiger partial charge in [0.15, 0.2) is 0 Å². The van der Waals surface area contributed by atoms with Crippen LogP contribution in [-0.2, 0) is 11.3 Å². The highest BCUT2D eigenvalue weighted by atomic mass is 35.5. The summed E-state index contributed by atoms with van der Waals surface area (Å²) in [5.74, 6) is -0.211. The Morgan fingerprint density at radius 3 is 2.38 bits per heavy atom. The van der Waals surface area contributed by atoms with Crippen LogP contribution >= 0.6 is 46.4 Å². The van der Waals surface area contributed by atoms with Crippen molar-refractivity contribution in [3.63, 3.8) is 0 Å². The first-order valence-corrected chi connectivity index (χ1v) is 14.2. The first kappa shape index (κ1) is 28.5. The number of amides is 2. The zero-order valence-electron chi connectivity index (χ0n) is 20.6. The molecule has 2 aliphatic heterocycles. The number of carbonyl (C=O) groups excluding carboxylic acids is 2. The van der Waals surface area contributed by atoms with Crippen LogP contribution in [0.5, 0.6) is 0 Å². The van der Waals surface area contributed by atoms with E-state index in [4.69, 9.17) is 46.4 Å². The molecule has 4 rings (SSSR count). The van der Waals surface area contributed by atoms with Crippen molar-refractivity contribution in [1.29, 1.82) is 0 Å². The predicted octanol–water partition coefficient (Wildman–Crippen LogP) is 5.67. The number of hydrogen-bond donors (Lipinski definition) is 2. The molecule has 2 fully saturated rings. The molecule has 0 bridgehead atoms. The zero-order valence-corrected chi connectivity index (χ0v) is 23.6. The number of rotatable bonds is 8. The van der Waals surface area contributed by atoms with Gasteiger partial charge in [-0.1, -0.05) is 52.8 Å². The van der Waals surface area contributed by atoms with Crippen molar-refractivity contribution >= 4 is 58.2 Å². The van der Waals surface area contributed by atoms with Gasteiger partial charge < -0.3 is 20.4 Å². The van der Waals surface area contributed by atoms with Gasteiger partial charge >= 0.3 is 0 Å². The largest absolute Gasteiger partial charge is 0.350 e. The number of hydrogen-bond acceptors (Lipinski definition) is 4. The van der Waals surface area contributed by atoms with Gasteiger partial charge in [0.05, 0.1) is 16.6 Å². The summed E-state index contributed by atoms with van der Waals surface area (Å²) < 4.78 is 0. The van der Waals surface area contributed by atoms with Crippen LogP contribution in [-0.4, -0.2) is 66.4 Å². The molecule has 2 amide bonds. The summed E-state index contributed by atoms with van der Waals surface area (Å²) in [5.41, 5.74) is 1.27. The quantitative estimate of drug-likeness (QED) is 0.419. The minimum Gasteiger partial charge on any atom is -0.350 e. The lowest BCUT2D eigenvalue weighted by Gasteiger charge is -2.30. The average Bonchev–Trinajstić information content (AvgIpc) is 3.00. The summed E-state index contributed by atoms with van der Waals surface area (Å²) in [5, 5.41) is 8.38.